The summed E-state index contributed by atoms with van der Waals surface area (Å²) in [7, 11) is 0. The highest BCUT2D eigenvalue weighted by molar-refractivity contribution is 6.11. The average molecular weight is 517 g/mol. The van der Waals surface area contributed by atoms with E-state index in [0.29, 0.717) is 42.0 Å². The third-order valence-electron chi connectivity index (χ3n) is 6.87. The number of hydrogen-bond donors (Lipinski definition) is 0. The van der Waals surface area contributed by atoms with Crippen molar-refractivity contribution in [2.75, 3.05) is 0 Å². The zero-order valence-electron chi connectivity index (χ0n) is 22.4. The van der Waals surface area contributed by atoms with Gasteiger partial charge in [-0.05, 0) is 60.6 Å². The van der Waals surface area contributed by atoms with Crippen molar-refractivity contribution in [2.45, 2.75) is 65.8 Å². The molecule has 0 saturated heterocycles. The number of rotatable bonds is 11. The second-order valence-electron chi connectivity index (χ2n) is 10.6. The summed E-state index contributed by atoms with van der Waals surface area (Å²) in [6.07, 6.45) is 3.48. The van der Waals surface area contributed by atoms with Crippen LogP contribution in [0.25, 0.3) is 10.9 Å². The van der Waals surface area contributed by atoms with E-state index in [0.717, 1.165) is 40.8 Å². The Morgan fingerprint density at radius 1 is 0.895 bits per heavy atom. The molecule has 2 aromatic heterocycles. The second kappa shape index (κ2) is 11.8. The molecule has 2 aromatic carbocycles. The lowest BCUT2D eigenvalue weighted by Crippen LogP contribution is -2.11. The van der Waals surface area contributed by atoms with Crippen LogP contribution in [0.1, 0.15) is 90.5 Å². The van der Waals surface area contributed by atoms with E-state index < -0.39 is 11.6 Å². The van der Waals surface area contributed by atoms with Crippen molar-refractivity contribution in [1.82, 2.24) is 9.55 Å². The van der Waals surface area contributed by atoms with Crippen LogP contribution in [0.3, 0.4) is 0 Å². The maximum atomic E-state index is 13.7. The first-order valence-corrected chi connectivity index (χ1v) is 13.2. The second-order valence-corrected chi connectivity index (χ2v) is 10.6. The van der Waals surface area contributed by atoms with Crippen molar-refractivity contribution in [1.29, 1.82) is 0 Å². The normalized spacial score (nSPS) is 11.6. The lowest BCUT2D eigenvalue weighted by molar-refractivity contribution is 0.0971. The Morgan fingerprint density at radius 2 is 1.68 bits per heavy atom. The van der Waals surface area contributed by atoms with Gasteiger partial charge >= 0.3 is 0 Å². The summed E-state index contributed by atoms with van der Waals surface area (Å²) < 4.78 is 29.2. The monoisotopic (exact) mass is 516 g/mol. The molecule has 0 spiro atoms. The Kier molecular flexibility index (Phi) is 8.50. The van der Waals surface area contributed by atoms with Crippen LogP contribution in [-0.4, -0.2) is 21.1 Å². The molecule has 4 rings (SSSR count). The molecular formula is C32H34F2N2O2. The number of benzene rings is 2. The van der Waals surface area contributed by atoms with E-state index in [1.807, 2.05) is 50.2 Å². The molecule has 4 nitrogen and oxygen atoms in total. The van der Waals surface area contributed by atoms with Gasteiger partial charge in [0.05, 0.1) is 17.8 Å². The lowest BCUT2D eigenvalue weighted by atomic mass is 9.95. The number of aromatic nitrogens is 2. The Morgan fingerprint density at radius 3 is 2.34 bits per heavy atom. The van der Waals surface area contributed by atoms with E-state index >= 15 is 0 Å². The summed E-state index contributed by atoms with van der Waals surface area (Å²) in [6, 6.07) is 15.1. The zero-order valence-corrected chi connectivity index (χ0v) is 22.4. The largest absolute Gasteiger partial charge is 0.338 e. The van der Waals surface area contributed by atoms with Gasteiger partial charge in [0.15, 0.2) is 23.2 Å². The molecular weight excluding hydrogens is 482 g/mol. The Labute approximate surface area is 222 Å². The van der Waals surface area contributed by atoms with E-state index in [9.17, 15) is 18.4 Å². The number of carbonyl (C=O) groups excluding carboxylic acids is 2. The molecule has 38 heavy (non-hydrogen) atoms. The van der Waals surface area contributed by atoms with Crippen molar-refractivity contribution in [3.63, 3.8) is 0 Å². The minimum atomic E-state index is -0.917. The molecule has 0 saturated carbocycles. The Hall–Kier alpha value is -3.67. The molecule has 0 fully saturated rings. The Bertz CT molecular complexity index is 1460. The Balaban J connectivity index is 1.78. The average Bonchev–Trinajstić information content (AvgIpc) is 3.22. The predicted octanol–water partition coefficient (Wildman–Crippen LogP) is 7.92. The van der Waals surface area contributed by atoms with Crippen LogP contribution >= 0.6 is 0 Å². The zero-order chi connectivity index (χ0) is 27.4. The van der Waals surface area contributed by atoms with Crippen LogP contribution in [-0.2, 0) is 13.0 Å². The molecule has 0 atom stereocenters. The van der Waals surface area contributed by atoms with Crippen molar-refractivity contribution in [3.05, 3.63) is 101 Å². The minimum Gasteiger partial charge on any atom is -0.338 e. The summed E-state index contributed by atoms with van der Waals surface area (Å²) in [4.78, 5) is 31.2. The van der Waals surface area contributed by atoms with Crippen LogP contribution < -0.4 is 0 Å². The van der Waals surface area contributed by atoms with Crippen molar-refractivity contribution in [3.8, 4) is 0 Å². The van der Waals surface area contributed by atoms with E-state index in [1.54, 1.807) is 6.20 Å². The van der Waals surface area contributed by atoms with Gasteiger partial charge in [0.25, 0.3) is 0 Å². The van der Waals surface area contributed by atoms with Crippen LogP contribution in [0, 0.1) is 17.6 Å². The number of ketones is 2. The topological polar surface area (TPSA) is 52.0 Å². The molecule has 0 amide bonds. The molecule has 0 radical (unpaired) electrons. The smallest absolute Gasteiger partial charge is 0.165 e. The number of fused-ring (bicyclic) bond motifs is 1. The van der Waals surface area contributed by atoms with Crippen molar-refractivity contribution in [2.24, 2.45) is 5.92 Å². The van der Waals surface area contributed by atoms with E-state index in [2.05, 4.69) is 23.4 Å². The molecule has 4 aromatic rings. The van der Waals surface area contributed by atoms with Crippen molar-refractivity contribution < 1.29 is 18.4 Å². The maximum absolute atomic E-state index is 13.7. The van der Waals surface area contributed by atoms with Crippen LogP contribution in [0.4, 0.5) is 8.78 Å². The standard InChI is InChI=1S/C32H34F2N2O2/c1-20(2)8-14-29(37)23-11-12-25-28(18-23)36(19-24-7-5-6-16-35-24)32(21(3)4)31(25)30(38)15-10-22-9-13-26(33)27(34)17-22/h5-7,9,11-13,16-18,20-21H,8,10,14-15,19H2,1-4H3. The lowest BCUT2D eigenvalue weighted by Gasteiger charge is -2.15. The first kappa shape index (κ1) is 27.4. The molecule has 0 bridgehead atoms. The van der Waals surface area contributed by atoms with E-state index in [1.165, 1.54) is 6.07 Å². The minimum absolute atomic E-state index is 0.0217. The number of Topliss-reactive ketones (excluding diaryl/α,β-unsaturated/α-hetero) is 2. The number of pyridine rings is 1. The molecule has 198 valence electrons. The van der Waals surface area contributed by atoms with Crippen LogP contribution in [0.2, 0.25) is 0 Å². The quantitative estimate of drug-likeness (QED) is 0.190. The van der Waals surface area contributed by atoms with Crippen LogP contribution in [0.5, 0.6) is 0 Å². The highest BCUT2D eigenvalue weighted by atomic mass is 19.2. The summed E-state index contributed by atoms with van der Waals surface area (Å²) in [5, 5.41) is 0.792. The summed E-state index contributed by atoms with van der Waals surface area (Å²) in [6.45, 7) is 8.75. The van der Waals surface area contributed by atoms with Gasteiger partial charge in [0.2, 0.25) is 0 Å². The van der Waals surface area contributed by atoms with Gasteiger partial charge in [-0.1, -0.05) is 52.0 Å². The third-order valence-corrected chi connectivity index (χ3v) is 6.87. The van der Waals surface area contributed by atoms with Crippen LogP contribution in [0.15, 0.2) is 60.8 Å². The number of halogens is 2. The highest BCUT2D eigenvalue weighted by Crippen LogP contribution is 2.34. The number of nitrogens with zero attached hydrogens (tertiary/aromatic N) is 2. The summed E-state index contributed by atoms with van der Waals surface area (Å²) in [5.41, 5.74) is 4.38. The third kappa shape index (κ3) is 6.07. The van der Waals surface area contributed by atoms with Gasteiger partial charge < -0.3 is 4.57 Å². The summed E-state index contributed by atoms with van der Waals surface area (Å²) >= 11 is 0. The molecule has 0 unspecified atom stereocenters. The van der Waals surface area contributed by atoms with Gasteiger partial charge in [-0.3, -0.25) is 14.6 Å². The molecule has 0 aliphatic carbocycles. The molecule has 0 N–H and O–H groups in total. The number of aryl methyl sites for hydroxylation is 1. The van der Waals surface area contributed by atoms with Gasteiger partial charge in [-0.25, -0.2) is 8.78 Å². The van der Waals surface area contributed by atoms with Gasteiger partial charge in [-0.15, -0.1) is 0 Å². The van der Waals surface area contributed by atoms with Crippen molar-refractivity contribution >= 4 is 22.5 Å². The van der Waals surface area contributed by atoms with Gasteiger partial charge in [0.1, 0.15) is 0 Å². The van der Waals surface area contributed by atoms with E-state index in [4.69, 9.17) is 0 Å². The first-order chi connectivity index (χ1) is 18.2. The maximum Gasteiger partial charge on any atom is 0.165 e. The molecule has 0 aliphatic rings. The number of hydrogen-bond acceptors (Lipinski definition) is 3. The fourth-order valence-corrected chi connectivity index (χ4v) is 4.90. The fraction of sp³-hybridized carbons (Fsp3) is 0.344. The van der Waals surface area contributed by atoms with E-state index in [-0.39, 0.29) is 23.9 Å². The van der Waals surface area contributed by atoms with Gasteiger partial charge in [-0.2, -0.15) is 0 Å². The summed E-state index contributed by atoms with van der Waals surface area (Å²) in [5.74, 6) is -1.35. The number of carbonyl (C=O) groups is 2. The molecule has 2 heterocycles. The first-order valence-electron chi connectivity index (χ1n) is 13.2. The predicted molar refractivity (Wildman–Crippen MR) is 147 cm³/mol. The fourth-order valence-electron chi connectivity index (χ4n) is 4.90. The SMILES string of the molecule is CC(C)CCC(=O)c1ccc2c(C(=O)CCc3ccc(F)c(F)c3)c(C(C)C)n(Cc3ccccn3)c2c1. The highest BCUT2D eigenvalue weighted by Gasteiger charge is 2.25. The molecule has 0 aliphatic heterocycles. The van der Waals surface area contributed by atoms with Gasteiger partial charge in [0, 0.05) is 41.2 Å². The molecule has 6 heteroatoms.